The second-order valence-corrected chi connectivity index (χ2v) is 14.2. The number of likely N-dealkylation sites (tertiary alicyclic amines) is 1. The standard InChI is InChI=1S/C33H48N6O5/c1-5-24-21-35(16-17-37(24)20-22-12-14-36(15-13-22)32(43)44-33(2,3)4)19-23-6-9-26-28(18-23)38(25-7-8-25)31(42)39(26)27-10-11-29(40)34-30(27)41/h6,9,18,22,24-25,27H,5,7-8,10-17,19-21H2,1-4H3,(H,34,40,41)/t24-,27?/m0/s1. The molecule has 1 aromatic heterocycles. The summed E-state index contributed by atoms with van der Waals surface area (Å²) in [6.07, 6.45) is 5.44. The summed E-state index contributed by atoms with van der Waals surface area (Å²) in [5.41, 5.74) is 2.22. The summed E-state index contributed by atoms with van der Waals surface area (Å²) >= 11 is 0. The number of aromatic nitrogens is 2. The molecule has 11 nitrogen and oxygen atoms in total. The molecule has 6 rings (SSSR count). The number of amides is 3. The third kappa shape index (κ3) is 6.59. The van der Waals surface area contributed by atoms with Crippen molar-refractivity contribution in [3.05, 3.63) is 34.2 Å². The van der Waals surface area contributed by atoms with Crippen LogP contribution in [0.5, 0.6) is 0 Å². The number of nitrogens with one attached hydrogen (secondary N) is 1. The fourth-order valence-corrected chi connectivity index (χ4v) is 7.24. The molecule has 0 spiro atoms. The van der Waals surface area contributed by atoms with Gasteiger partial charge in [-0.1, -0.05) is 13.0 Å². The molecule has 0 bridgehead atoms. The quantitative estimate of drug-likeness (QED) is 0.478. The zero-order chi connectivity index (χ0) is 31.2. The van der Waals surface area contributed by atoms with Crippen LogP contribution in [0.3, 0.4) is 0 Å². The van der Waals surface area contributed by atoms with Crippen molar-refractivity contribution >= 4 is 28.9 Å². The molecule has 2 aromatic rings. The minimum Gasteiger partial charge on any atom is -0.444 e. The summed E-state index contributed by atoms with van der Waals surface area (Å²) in [7, 11) is 0. The molecule has 4 aliphatic rings. The van der Waals surface area contributed by atoms with Crippen molar-refractivity contribution in [1.29, 1.82) is 0 Å². The van der Waals surface area contributed by atoms with Gasteiger partial charge in [0.1, 0.15) is 11.6 Å². The van der Waals surface area contributed by atoms with E-state index in [1.807, 2.05) is 36.3 Å². The van der Waals surface area contributed by atoms with Gasteiger partial charge in [-0.2, -0.15) is 0 Å². The van der Waals surface area contributed by atoms with Crippen LogP contribution in [0.1, 0.15) is 90.3 Å². The number of imide groups is 1. The Kier molecular flexibility index (Phi) is 8.63. The number of carbonyl (C=O) groups is 3. The maximum atomic E-state index is 13.6. The molecule has 4 fully saturated rings. The fraction of sp³-hybridized carbons (Fsp3) is 0.697. The van der Waals surface area contributed by atoms with E-state index < -0.39 is 11.6 Å². The first-order chi connectivity index (χ1) is 21.0. The summed E-state index contributed by atoms with van der Waals surface area (Å²) < 4.78 is 9.06. The van der Waals surface area contributed by atoms with E-state index in [0.29, 0.717) is 18.4 Å². The third-order valence-corrected chi connectivity index (χ3v) is 9.73. The molecule has 11 heteroatoms. The van der Waals surface area contributed by atoms with Crippen LogP contribution in [0, 0.1) is 5.92 Å². The van der Waals surface area contributed by atoms with Crippen LogP contribution in [-0.2, 0) is 20.9 Å². The van der Waals surface area contributed by atoms with Crippen molar-refractivity contribution in [1.82, 2.24) is 29.2 Å². The largest absolute Gasteiger partial charge is 0.444 e. The summed E-state index contributed by atoms with van der Waals surface area (Å²) in [6.45, 7) is 14.4. The molecule has 2 atom stereocenters. The van der Waals surface area contributed by atoms with Gasteiger partial charge in [-0.3, -0.25) is 33.8 Å². The van der Waals surface area contributed by atoms with Gasteiger partial charge < -0.3 is 9.64 Å². The SMILES string of the molecule is CC[C@H]1CN(Cc2ccc3c(c2)n(C2CC2)c(=O)n3C2CCC(=O)NC2=O)CCN1CC1CCN(C(=O)OC(C)(C)C)CC1. The molecule has 44 heavy (non-hydrogen) atoms. The summed E-state index contributed by atoms with van der Waals surface area (Å²) in [5, 5.41) is 2.41. The van der Waals surface area contributed by atoms with Crippen LogP contribution < -0.4 is 11.0 Å². The lowest BCUT2D eigenvalue weighted by Crippen LogP contribution is -2.54. The van der Waals surface area contributed by atoms with Crippen LogP contribution in [-0.4, -0.2) is 92.7 Å². The van der Waals surface area contributed by atoms with Gasteiger partial charge in [0.05, 0.1) is 11.0 Å². The Morgan fingerprint density at radius 1 is 0.955 bits per heavy atom. The Morgan fingerprint density at radius 2 is 1.70 bits per heavy atom. The highest BCUT2D eigenvalue weighted by Gasteiger charge is 2.36. The average Bonchev–Trinajstić information content (AvgIpc) is 3.76. The molecule has 1 unspecified atom stereocenters. The predicted molar refractivity (Wildman–Crippen MR) is 167 cm³/mol. The molecule has 240 valence electrons. The number of rotatable bonds is 7. The molecule has 0 radical (unpaired) electrons. The number of carbonyl (C=O) groups excluding carboxylic acids is 3. The third-order valence-electron chi connectivity index (χ3n) is 9.73. The van der Waals surface area contributed by atoms with Crippen molar-refractivity contribution in [2.45, 2.75) is 103 Å². The van der Waals surface area contributed by atoms with E-state index in [9.17, 15) is 19.2 Å². The van der Waals surface area contributed by atoms with Crippen LogP contribution in [0.2, 0.25) is 0 Å². The number of nitrogens with zero attached hydrogens (tertiary/aromatic N) is 5. The van der Waals surface area contributed by atoms with Crippen molar-refractivity contribution in [3.63, 3.8) is 0 Å². The van der Waals surface area contributed by atoms with Gasteiger partial charge in [0.2, 0.25) is 11.8 Å². The van der Waals surface area contributed by atoms with Crippen LogP contribution in [0.4, 0.5) is 4.79 Å². The molecule has 1 aromatic carbocycles. The van der Waals surface area contributed by atoms with Crippen LogP contribution in [0.15, 0.2) is 23.0 Å². The van der Waals surface area contributed by atoms with Crippen molar-refractivity contribution in [3.8, 4) is 0 Å². The molecule has 3 saturated heterocycles. The van der Waals surface area contributed by atoms with Crippen LogP contribution >= 0.6 is 0 Å². The lowest BCUT2D eigenvalue weighted by atomic mass is 9.95. The topological polar surface area (TPSA) is 109 Å². The molecular formula is C33H48N6O5. The zero-order valence-electron chi connectivity index (χ0n) is 26.7. The number of piperazine rings is 1. The van der Waals surface area contributed by atoms with Gasteiger partial charge in [0.15, 0.2) is 0 Å². The lowest BCUT2D eigenvalue weighted by molar-refractivity contribution is -0.135. The maximum Gasteiger partial charge on any atom is 0.410 e. The number of fused-ring (bicyclic) bond motifs is 1. The second kappa shape index (κ2) is 12.3. The van der Waals surface area contributed by atoms with E-state index in [1.54, 1.807) is 4.57 Å². The Morgan fingerprint density at radius 3 is 2.36 bits per heavy atom. The Labute approximate surface area is 259 Å². The number of imidazole rings is 1. The zero-order valence-corrected chi connectivity index (χ0v) is 26.7. The lowest BCUT2D eigenvalue weighted by Gasteiger charge is -2.44. The van der Waals surface area contributed by atoms with Crippen molar-refractivity contribution in [2.75, 3.05) is 39.3 Å². The molecule has 1 saturated carbocycles. The molecule has 1 N–H and O–H groups in total. The molecular weight excluding hydrogens is 560 g/mol. The van der Waals surface area contributed by atoms with Gasteiger partial charge in [0, 0.05) is 64.3 Å². The maximum absolute atomic E-state index is 13.6. The Hall–Kier alpha value is -3.18. The summed E-state index contributed by atoms with van der Waals surface area (Å²) in [5.74, 6) is -0.0785. The number of ether oxygens (including phenoxy) is 1. The second-order valence-electron chi connectivity index (χ2n) is 14.2. The van der Waals surface area contributed by atoms with Gasteiger partial charge in [-0.25, -0.2) is 9.59 Å². The van der Waals surface area contributed by atoms with E-state index in [4.69, 9.17) is 4.74 Å². The minimum absolute atomic E-state index is 0.147. The van der Waals surface area contributed by atoms with E-state index in [2.05, 4.69) is 34.2 Å². The van der Waals surface area contributed by atoms with E-state index in [-0.39, 0.29) is 36.1 Å². The fourth-order valence-electron chi connectivity index (χ4n) is 7.24. The Bertz CT molecular complexity index is 1460. The number of hydrogen-bond acceptors (Lipinski definition) is 7. The van der Waals surface area contributed by atoms with Crippen LogP contribution in [0.25, 0.3) is 11.0 Å². The van der Waals surface area contributed by atoms with Gasteiger partial charge in [0.25, 0.3) is 0 Å². The number of piperidine rings is 2. The monoisotopic (exact) mass is 608 g/mol. The predicted octanol–water partition coefficient (Wildman–Crippen LogP) is 3.66. The molecule has 4 heterocycles. The molecule has 3 aliphatic heterocycles. The number of hydrogen-bond donors (Lipinski definition) is 1. The first-order valence-electron chi connectivity index (χ1n) is 16.5. The van der Waals surface area contributed by atoms with E-state index in [0.717, 1.165) is 89.0 Å². The highest BCUT2D eigenvalue weighted by atomic mass is 16.6. The van der Waals surface area contributed by atoms with Crippen molar-refractivity contribution < 1.29 is 19.1 Å². The van der Waals surface area contributed by atoms with Gasteiger partial charge in [-0.15, -0.1) is 0 Å². The summed E-state index contributed by atoms with van der Waals surface area (Å²) in [6, 6.07) is 6.23. The summed E-state index contributed by atoms with van der Waals surface area (Å²) in [4.78, 5) is 57.5. The highest BCUT2D eigenvalue weighted by molar-refractivity contribution is 6.00. The molecule has 3 amide bonds. The smallest absolute Gasteiger partial charge is 0.410 e. The first-order valence-corrected chi connectivity index (χ1v) is 16.5. The number of benzene rings is 1. The van der Waals surface area contributed by atoms with Gasteiger partial charge in [-0.05, 0) is 82.9 Å². The minimum atomic E-state index is -0.656. The highest BCUT2D eigenvalue weighted by Crippen LogP contribution is 2.37. The molecule has 1 aliphatic carbocycles. The first kappa shape index (κ1) is 30.8. The van der Waals surface area contributed by atoms with E-state index in [1.165, 1.54) is 5.56 Å². The van der Waals surface area contributed by atoms with Crippen molar-refractivity contribution in [2.24, 2.45) is 5.92 Å². The average molecular weight is 609 g/mol. The normalized spacial score (nSPS) is 24.6. The van der Waals surface area contributed by atoms with Gasteiger partial charge >= 0.3 is 11.8 Å². The Balaban J connectivity index is 1.09. The van der Waals surface area contributed by atoms with E-state index >= 15 is 0 Å².